The Balaban J connectivity index is 2.06. The summed E-state index contributed by atoms with van der Waals surface area (Å²) in [7, 11) is 1.61. The number of benzene rings is 1. The lowest BCUT2D eigenvalue weighted by atomic mass is 10.2. The quantitative estimate of drug-likeness (QED) is 0.868. The molecule has 2 rings (SSSR count). The van der Waals surface area contributed by atoms with Gasteiger partial charge in [-0.1, -0.05) is 12.1 Å². The number of aromatic carboxylic acids is 1. The smallest absolute Gasteiger partial charge is 0.357 e. The second kappa shape index (κ2) is 5.50. The van der Waals surface area contributed by atoms with Gasteiger partial charge in [-0.2, -0.15) is 0 Å². The Morgan fingerprint density at radius 1 is 1.56 bits per heavy atom. The van der Waals surface area contributed by atoms with Crippen molar-refractivity contribution in [2.24, 2.45) is 0 Å². The van der Waals surface area contributed by atoms with Gasteiger partial charge in [0.25, 0.3) is 0 Å². The highest BCUT2D eigenvalue weighted by atomic mass is 32.1. The number of hydrogen-bond donors (Lipinski definition) is 2. The maximum atomic E-state index is 10.9. The third kappa shape index (κ3) is 2.78. The monoisotopic (exact) mass is 264 g/mol. The summed E-state index contributed by atoms with van der Waals surface area (Å²) < 4.78 is 5.12. The highest BCUT2D eigenvalue weighted by Gasteiger charge is 2.12. The molecule has 94 valence electrons. The number of carboxylic acids is 1. The van der Waals surface area contributed by atoms with E-state index in [2.05, 4.69) is 10.3 Å². The molecule has 1 aromatic carbocycles. The number of aromatic nitrogens is 1. The van der Waals surface area contributed by atoms with Crippen molar-refractivity contribution in [3.63, 3.8) is 0 Å². The maximum Gasteiger partial charge on any atom is 0.357 e. The summed E-state index contributed by atoms with van der Waals surface area (Å²) in [6.07, 6.45) is 0. The number of methoxy groups -OCH3 is 1. The van der Waals surface area contributed by atoms with Gasteiger partial charge in [-0.3, -0.25) is 0 Å². The van der Waals surface area contributed by atoms with Crippen LogP contribution in [0.4, 0.5) is 5.00 Å². The predicted octanol–water partition coefficient (Wildman–Crippen LogP) is 2.46. The van der Waals surface area contributed by atoms with E-state index in [0.29, 0.717) is 11.5 Å². The molecule has 2 aromatic rings. The molecule has 0 atom stereocenters. The molecule has 2 N–H and O–H groups in total. The van der Waals surface area contributed by atoms with Crippen LogP contribution in [-0.4, -0.2) is 23.2 Å². The number of nitrogens with zero attached hydrogens (tertiary/aromatic N) is 1. The van der Waals surface area contributed by atoms with Crippen LogP contribution in [0.5, 0.6) is 5.75 Å². The fourth-order valence-electron chi connectivity index (χ4n) is 1.49. The van der Waals surface area contributed by atoms with Crippen LogP contribution < -0.4 is 10.1 Å². The van der Waals surface area contributed by atoms with E-state index in [4.69, 9.17) is 9.84 Å². The van der Waals surface area contributed by atoms with Crippen LogP contribution in [0.25, 0.3) is 0 Å². The normalized spacial score (nSPS) is 10.1. The van der Waals surface area contributed by atoms with Crippen LogP contribution >= 0.6 is 11.3 Å². The molecule has 0 unspecified atom stereocenters. The number of nitrogens with one attached hydrogen (secondary N) is 1. The van der Waals surface area contributed by atoms with E-state index in [0.717, 1.165) is 11.3 Å². The molecule has 1 aromatic heterocycles. The fraction of sp³-hybridized carbons (Fsp3) is 0.167. The Morgan fingerprint density at radius 3 is 3.11 bits per heavy atom. The van der Waals surface area contributed by atoms with Gasteiger partial charge in [-0.15, -0.1) is 11.3 Å². The molecule has 1 heterocycles. The highest BCUT2D eigenvalue weighted by molar-refractivity contribution is 7.14. The van der Waals surface area contributed by atoms with Crippen LogP contribution in [0.15, 0.2) is 29.8 Å². The summed E-state index contributed by atoms with van der Waals surface area (Å²) in [4.78, 5) is 14.7. The van der Waals surface area contributed by atoms with E-state index in [9.17, 15) is 4.79 Å². The first-order valence-electron chi connectivity index (χ1n) is 5.24. The summed E-state index contributed by atoms with van der Waals surface area (Å²) in [5.74, 6) is -0.249. The van der Waals surface area contributed by atoms with E-state index in [1.165, 1.54) is 16.8 Å². The Labute approximate surface area is 108 Å². The van der Waals surface area contributed by atoms with E-state index in [1.807, 2.05) is 24.3 Å². The number of rotatable bonds is 5. The topological polar surface area (TPSA) is 71.5 Å². The van der Waals surface area contributed by atoms with Crippen LogP contribution in [0.2, 0.25) is 0 Å². The molecular formula is C12H12N2O3S. The first-order chi connectivity index (χ1) is 8.70. The van der Waals surface area contributed by atoms with Crippen molar-refractivity contribution in [3.8, 4) is 5.75 Å². The number of ether oxygens (including phenoxy) is 1. The van der Waals surface area contributed by atoms with Gasteiger partial charge in [0.05, 0.1) is 12.6 Å². The Hall–Kier alpha value is -2.08. The van der Waals surface area contributed by atoms with Gasteiger partial charge < -0.3 is 15.2 Å². The Bertz CT molecular complexity index is 554. The zero-order valence-corrected chi connectivity index (χ0v) is 10.5. The molecule has 0 saturated heterocycles. The molecule has 0 fully saturated rings. The van der Waals surface area contributed by atoms with Crippen LogP contribution in [0.1, 0.15) is 16.1 Å². The summed E-state index contributed by atoms with van der Waals surface area (Å²) in [5.41, 5.74) is 2.58. The molecule has 0 aliphatic carbocycles. The molecule has 0 amide bonds. The van der Waals surface area contributed by atoms with E-state index in [1.54, 1.807) is 7.11 Å². The molecule has 18 heavy (non-hydrogen) atoms. The van der Waals surface area contributed by atoms with Crippen molar-refractivity contribution in [1.29, 1.82) is 0 Å². The Morgan fingerprint density at radius 2 is 2.39 bits per heavy atom. The van der Waals surface area contributed by atoms with Gasteiger partial charge >= 0.3 is 5.97 Å². The molecule has 5 nitrogen and oxygen atoms in total. The molecule has 6 heteroatoms. The van der Waals surface area contributed by atoms with Crippen molar-refractivity contribution in [2.75, 3.05) is 12.4 Å². The minimum atomic E-state index is -1.02. The minimum Gasteiger partial charge on any atom is -0.497 e. The minimum absolute atomic E-state index is 0.0582. The van der Waals surface area contributed by atoms with Gasteiger partial charge in [0, 0.05) is 6.54 Å². The van der Waals surface area contributed by atoms with Gasteiger partial charge in [0.1, 0.15) is 10.8 Å². The largest absolute Gasteiger partial charge is 0.497 e. The van der Waals surface area contributed by atoms with Crippen molar-refractivity contribution in [2.45, 2.75) is 6.54 Å². The second-order valence-electron chi connectivity index (χ2n) is 3.54. The third-order valence-electron chi connectivity index (χ3n) is 2.36. The zero-order valence-electron chi connectivity index (χ0n) is 9.71. The summed E-state index contributed by atoms with van der Waals surface area (Å²) in [5, 5.41) is 12.5. The van der Waals surface area contributed by atoms with Crippen LogP contribution in [0, 0.1) is 0 Å². The lowest BCUT2D eigenvalue weighted by Crippen LogP contribution is -2.04. The second-order valence-corrected chi connectivity index (χ2v) is 4.40. The van der Waals surface area contributed by atoms with E-state index in [-0.39, 0.29) is 5.69 Å². The van der Waals surface area contributed by atoms with Crippen LogP contribution in [-0.2, 0) is 6.54 Å². The summed E-state index contributed by atoms with van der Waals surface area (Å²) in [6.45, 7) is 0.527. The maximum absolute atomic E-state index is 10.9. The summed E-state index contributed by atoms with van der Waals surface area (Å²) in [6, 6.07) is 7.59. The number of carboxylic acid groups (broad SMARTS) is 1. The van der Waals surface area contributed by atoms with Gasteiger partial charge in [-0.05, 0) is 17.7 Å². The average molecular weight is 264 g/mol. The zero-order chi connectivity index (χ0) is 13.0. The first-order valence-corrected chi connectivity index (χ1v) is 6.12. The number of thiazole rings is 1. The van der Waals surface area contributed by atoms with Crippen LogP contribution in [0.3, 0.4) is 0 Å². The molecule has 0 radical (unpaired) electrons. The number of carbonyl (C=O) groups is 1. The number of anilines is 1. The fourth-order valence-corrected chi connectivity index (χ4v) is 2.16. The van der Waals surface area contributed by atoms with Crippen molar-refractivity contribution < 1.29 is 14.6 Å². The highest BCUT2D eigenvalue weighted by Crippen LogP contribution is 2.21. The molecule has 0 saturated carbocycles. The number of hydrogen-bond acceptors (Lipinski definition) is 5. The SMILES string of the molecule is COc1cccc(CNc2scnc2C(=O)O)c1. The van der Waals surface area contributed by atoms with E-state index >= 15 is 0 Å². The lowest BCUT2D eigenvalue weighted by Gasteiger charge is -2.06. The standard InChI is InChI=1S/C12H12N2O3S/c1-17-9-4-2-3-8(5-9)6-13-11-10(12(15)16)14-7-18-11/h2-5,7,13H,6H2,1H3,(H,15,16). The predicted molar refractivity (Wildman–Crippen MR) is 69.4 cm³/mol. The van der Waals surface area contributed by atoms with Crippen molar-refractivity contribution in [1.82, 2.24) is 4.98 Å². The average Bonchev–Trinajstić information content (AvgIpc) is 2.85. The molecule has 0 spiro atoms. The third-order valence-corrected chi connectivity index (χ3v) is 3.14. The van der Waals surface area contributed by atoms with Crippen molar-refractivity contribution in [3.05, 3.63) is 41.0 Å². The van der Waals surface area contributed by atoms with Crippen molar-refractivity contribution >= 4 is 22.3 Å². The molecular weight excluding hydrogens is 252 g/mol. The van der Waals surface area contributed by atoms with Gasteiger partial charge in [-0.25, -0.2) is 9.78 Å². The Kier molecular flexibility index (Phi) is 3.78. The lowest BCUT2D eigenvalue weighted by molar-refractivity contribution is 0.0692. The molecule has 0 aliphatic rings. The molecule has 0 aliphatic heterocycles. The van der Waals surface area contributed by atoms with Gasteiger partial charge in [0.2, 0.25) is 0 Å². The molecule has 0 bridgehead atoms. The first kappa shape index (κ1) is 12.4. The van der Waals surface area contributed by atoms with E-state index < -0.39 is 5.97 Å². The van der Waals surface area contributed by atoms with Gasteiger partial charge in [0.15, 0.2) is 5.69 Å². The summed E-state index contributed by atoms with van der Waals surface area (Å²) >= 11 is 1.27.